The van der Waals surface area contributed by atoms with Gasteiger partial charge >= 0.3 is 5.97 Å². The van der Waals surface area contributed by atoms with E-state index in [0.29, 0.717) is 24.8 Å². The predicted octanol–water partition coefficient (Wildman–Crippen LogP) is 2.47. The predicted molar refractivity (Wildman–Crippen MR) is 109 cm³/mol. The molecule has 0 amide bonds. The zero-order valence-corrected chi connectivity index (χ0v) is 18.5. The molecule has 0 aromatic heterocycles. The minimum atomic E-state index is -2.01. The Morgan fingerprint density at radius 1 is 1.29 bits per heavy atom. The van der Waals surface area contributed by atoms with E-state index in [0.717, 1.165) is 0 Å². The van der Waals surface area contributed by atoms with E-state index in [9.17, 15) is 24.6 Å². The van der Waals surface area contributed by atoms with Crippen molar-refractivity contribution in [1.29, 1.82) is 0 Å². The molecule has 2 N–H and O–H groups in total. The van der Waals surface area contributed by atoms with Gasteiger partial charge < -0.3 is 14.9 Å². The van der Waals surface area contributed by atoms with Crippen LogP contribution in [0.3, 0.4) is 0 Å². The first-order valence-corrected chi connectivity index (χ1v) is 11.0. The summed E-state index contributed by atoms with van der Waals surface area (Å²) in [5.74, 6) is -2.80. The highest BCUT2D eigenvalue weighted by Crippen LogP contribution is 2.70. The van der Waals surface area contributed by atoms with E-state index < -0.39 is 58.4 Å². The lowest BCUT2D eigenvalue weighted by Crippen LogP contribution is -2.69. The van der Waals surface area contributed by atoms with Crippen molar-refractivity contribution in [2.45, 2.75) is 70.8 Å². The van der Waals surface area contributed by atoms with Crippen LogP contribution in [0.15, 0.2) is 23.8 Å². The van der Waals surface area contributed by atoms with Crippen LogP contribution in [-0.2, 0) is 19.1 Å². The normalized spacial score (nSPS) is 48.4. The maximum atomic E-state index is 17.0. The average Bonchev–Trinajstić information content (AvgIpc) is 2.89. The lowest BCUT2D eigenvalue weighted by Gasteiger charge is -2.62. The molecule has 3 unspecified atom stereocenters. The van der Waals surface area contributed by atoms with Crippen LogP contribution in [0, 0.1) is 28.6 Å². The molecule has 0 aromatic rings. The van der Waals surface area contributed by atoms with Crippen LogP contribution in [0.2, 0.25) is 0 Å². The zero-order valence-electron chi connectivity index (χ0n) is 18.5. The van der Waals surface area contributed by atoms with Crippen molar-refractivity contribution in [2.24, 2.45) is 28.6 Å². The number of hydrogen-bond acceptors (Lipinski definition) is 6. The second-order valence-electron chi connectivity index (χ2n) is 10.4. The molecule has 0 aromatic carbocycles. The largest absolute Gasteiger partial charge is 0.458 e. The van der Waals surface area contributed by atoms with Crippen LogP contribution in [0.5, 0.6) is 0 Å². The second-order valence-corrected chi connectivity index (χ2v) is 10.4. The van der Waals surface area contributed by atoms with Crippen molar-refractivity contribution in [3.05, 3.63) is 23.8 Å². The number of aliphatic hydroxyl groups is 2. The summed E-state index contributed by atoms with van der Waals surface area (Å²) < 4.78 is 21.9. The molecule has 3 fully saturated rings. The van der Waals surface area contributed by atoms with E-state index in [1.807, 2.05) is 0 Å². The van der Waals surface area contributed by atoms with Crippen LogP contribution in [0.25, 0.3) is 0 Å². The number of carbonyl (C=O) groups is 3. The molecule has 4 rings (SSSR count). The molecule has 0 saturated heterocycles. The molecule has 0 bridgehead atoms. The van der Waals surface area contributed by atoms with Crippen molar-refractivity contribution in [2.75, 3.05) is 6.61 Å². The Bertz CT molecular complexity index is 910. The Labute approximate surface area is 181 Å². The molecule has 8 atom stereocenters. The van der Waals surface area contributed by atoms with Gasteiger partial charge in [-0.05, 0) is 56.6 Å². The van der Waals surface area contributed by atoms with E-state index >= 15 is 4.39 Å². The first kappa shape index (κ1) is 22.3. The van der Waals surface area contributed by atoms with Gasteiger partial charge in [0, 0.05) is 23.7 Å². The van der Waals surface area contributed by atoms with Crippen LogP contribution in [0.1, 0.15) is 53.4 Å². The summed E-state index contributed by atoms with van der Waals surface area (Å²) in [6.07, 6.45) is 4.29. The first-order valence-electron chi connectivity index (χ1n) is 11.0. The summed E-state index contributed by atoms with van der Waals surface area (Å²) in [6.45, 7) is 5.89. The minimum absolute atomic E-state index is 0.0953. The van der Waals surface area contributed by atoms with Gasteiger partial charge in [-0.25, -0.2) is 4.39 Å². The van der Waals surface area contributed by atoms with E-state index in [4.69, 9.17) is 4.74 Å². The van der Waals surface area contributed by atoms with Gasteiger partial charge in [-0.2, -0.15) is 0 Å². The van der Waals surface area contributed by atoms with E-state index in [-0.39, 0.29) is 18.1 Å². The molecule has 6 nitrogen and oxygen atoms in total. The maximum absolute atomic E-state index is 17.0. The topological polar surface area (TPSA) is 101 Å². The highest BCUT2D eigenvalue weighted by Gasteiger charge is 2.75. The molecule has 0 spiro atoms. The van der Waals surface area contributed by atoms with Crippen molar-refractivity contribution < 1.29 is 33.7 Å². The third-order valence-corrected chi connectivity index (χ3v) is 9.05. The number of ether oxygens (including phenoxy) is 1. The van der Waals surface area contributed by atoms with Crippen molar-refractivity contribution in [1.82, 2.24) is 0 Å². The number of allylic oxidation sites excluding steroid dienone is 4. The number of carbonyl (C=O) groups excluding carboxylic acids is 3. The molecule has 7 heteroatoms. The molecule has 0 heterocycles. The summed E-state index contributed by atoms with van der Waals surface area (Å²) in [6, 6.07) is 0. The van der Waals surface area contributed by atoms with E-state index in [2.05, 4.69) is 0 Å². The van der Waals surface area contributed by atoms with Gasteiger partial charge in [0.2, 0.25) is 5.78 Å². The van der Waals surface area contributed by atoms with Crippen molar-refractivity contribution in [3.63, 3.8) is 0 Å². The molecule has 31 heavy (non-hydrogen) atoms. The lowest BCUT2D eigenvalue weighted by atomic mass is 9.44. The summed E-state index contributed by atoms with van der Waals surface area (Å²) in [4.78, 5) is 36.2. The maximum Gasteiger partial charge on any atom is 0.303 e. The summed E-state index contributed by atoms with van der Waals surface area (Å²) >= 11 is 0. The third kappa shape index (κ3) is 2.65. The van der Waals surface area contributed by atoms with Crippen molar-refractivity contribution >= 4 is 17.5 Å². The van der Waals surface area contributed by atoms with Gasteiger partial charge in [0.25, 0.3) is 0 Å². The quantitative estimate of drug-likeness (QED) is 0.662. The van der Waals surface area contributed by atoms with Gasteiger partial charge in [0.05, 0.1) is 6.10 Å². The average molecular weight is 435 g/mol. The van der Waals surface area contributed by atoms with Gasteiger partial charge in [-0.15, -0.1) is 0 Å². The molecular weight excluding hydrogens is 403 g/mol. The lowest BCUT2D eigenvalue weighted by molar-refractivity contribution is -0.219. The number of halogens is 1. The fourth-order valence-electron chi connectivity index (χ4n) is 7.42. The highest BCUT2D eigenvalue weighted by atomic mass is 19.1. The number of aliphatic hydroxyl groups excluding tert-OH is 1. The van der Waals surface area contributed by atoms with Gasteiger partial charge in [-0.3, -0.25) is 14.4 Å². The van der Waals surface area contributed by atoms with Crippen molar-refractivity contribution in [3.8, 4) is 0 Å². The number of fused-ring (bicyclic) bond motifs is 5. The second kappa shape index (κ2) is 6.82. The van der Waals surface area contributed by atoms with Gasteiger partial charge in [0.15, 0.2) is 18.1 Å². The monoisotopic (exact) mass is 434 g/mol. The molecule has 170 valence electrons. The summed E-state index contributed by atoms with van der Waals surface area (Å²) in [5, 5.41) is 22.9. The standard InChI is InChI=1S/C24H31FO6/c1-13-9-18-17-6-5-15-10-16(27)7-8-21(15,3)23(17,25)19(28)11-22(18,4)24(13,30)20(29)12-31-14(2)26/h7-8,10,13,17-19,28,30H,5-6,9,11-12H2,1-4H3/t13-,17?,18?,19-,21-,22-,23?,24-/m0/s1. The molecule has 4 aliphatic rings. The zero-order chi connectivity index (χ0) is 23.0. The third-order valence-electron chi connectivity index (χ3n) is 9.05. The van der Waals surface area contributed by atoms with Crippen LogP contribution in [0.4, 0.5) is 4.39 Å². The number of hydrogen-bond donors (Lipinski definition) is 2. The summed E-state index contributed by atoms with van der Waals surface area (Å²) in [5.41, 5.74) is -5.33. The number of Topliss-reactive ketones (excluding diaryl/α,β-unsaturated/α-hetero) is 1. The number of ketones is 2. The van der Waals surface area contributed by atoms with Gasteiger partial charge in [-0.1, -0.05) is 25.5 Å². The van der Waals surface area contributed by atoms with Gasteiger partial charge in [0.1, 0.15) is 5.60 Å². The summed E-state index contributed by atoms with van der Waals surface area (Å²) in [7, 11) is 0. The number of alkyl halides is 1. The Balaban J connectivity index is 1.76. The fourth-order valence-corrected chi connectivity index (χ4v) is 7.42. The van der Waals surface area contributed by atoms with Crippen LogP contribution in [-0.4, -0.2) is 51.7 Å². The molecule has 0 radical (unpaired) electrons. The van der Waals surface area contributed by atoms with Crippen LogP contribution >= 0.6 is 0 Å². The van der Waals surface area contributed by atoms with Crippen LogP contribution < -0.4 is 0 Å². The minimum Gasteiger partial charge on any atom is -0.458 e. The molecule has 4 aliphatic carbocycles. The fraction of sp³-hybridized carbons (Fsp3) is 0.708. The highest BCUT2D eigenvalue weighted by molar-refractivity contribution is 6.01. The number of rotatable bonds is 3. The Morgan fingerprint density at radius 3 is 2.61 bits per heavy atom. The Morgan fingerprint density at radius 2 is 1.97 bits per heavy atom. The molecular formula is C24H31FO6. The van der Waals surface area contributed by atoms with E-state index in [1.165, 1.54) is 19.1 Å². The van der Waals surface area contributed by atoms with E-state index in [1.54, 1.807) is 26.8 Å². The Kier molecular flexibility index (Phi) is 4.91. The molecule has 0 aliphatic heterocycles. The smallest absolute Gasteiger partial charge is 0.303 e. The number of esters is 1. The SMILES string of the molecule is CC(=O)OCC(=O)[C@@]1(O)[C@@H](C)CC2C3CCC4=CC(=O)C=C[C@]4(C)C3(F)[C@@H](O)C[C@@]21C. The Hall–Kier alpha value is -1.86. The molecule has 3 saturated carbocycles. The first-order chi connectivity index (χ1) is 14.3.